The van der Waals surface area contributed by atoms with Crippen LogP contribution in [-0.2, 0) is 14.6 Å². The van der Waals surface area contributed by atoms with E-state index in [1.807, 2.05) is 55.5 Å². The van der Waals surface area contributed by atoms with Crippen molar-refractivity contribution in [3.63, 3.8) is 0 Å². The number of nitrogens with zero attached hydrogens (tertiary/aromatic N) is 1. The van der Waals surface area contributed by atoms with Crippen LogP contribution in [0.3, 0.4) is 0 Å². The normalized spacial score (nSPS) is 24.4. The molecule has 0 aromatic heterocycles. The Balaban J connectivity index is 1.55. The number of fused-ring (bicyclic) bond motifs is 1. The Morgan fingerprint density at radius 1 is 1.04 bits per heavy atom. The maximum atomic E-state index is 12.3. The maximum absolute atomic E-state index is 12.3. The van der Waals surface area contributed by atoms with Crippen molar-refractivity contribution in [1.82, 2.24) is 0 Å². The van der Waals surface area contributed by atoms with E-state index in [-0.39, 0.29) is 29.4 Å². The first-order valence-electron chi connectivity index (χ1n) is 8.28. The minimum absolute atomic E-state index is 0.00254. The lowest BCUT2D eigenvalue weighted by Crippen LogP contribution is -2.36. The van der Waals surface area contributed by atoms with Crippen molar-refractivity contribution < 1.29 is 17.9 Å². The molecule has 25 heavy (non-hydrogen) atoms. The van der Waals surface area contributed by atoms with Gasteiger partial charge in [0.1, 0.15) is 11.5 Å². The molecule has 2 saturated heterocycles. The third-order valence-corrected chi connectivity index (χ3v) is 6.60. The smallest absolute Gasteiger partial charge is 0.227 e. The van der Waals surface area contributed by atoms with Crippen molar-refractivity contribution in [3.05, 3.63) is 54.1 Å². The van der Waals surface area contributed by atoms with Crippen LogP contribution < -0.4 is 9.64 Å². The van der Waals surface area contributed by atoms with Gasteiger partial charge in [0.05, 0.1) is 17.5 Å². The van der Waals surface area contributed by atoms with Gasteiger partial charge < -0.3 is 9.64 Å². The van der Waals surface area contributed by atoms with Crippen LogP contribution in [0.4, 0.5) is 5.69 Å². The summed E-state index contributed by atoms with van der Waals surface area (Å²) in [5.74, 6) is 1.53. The summed E-state index contributed by atoms with van der Waals surface area (Å²) in [4.78, 5) is 14.0. The van der Waals surface area contributed by atoms with Gasteiger partial charge in [0.2, 0.25) is 5.91 Å². The molecule has 2 aromatic carbocycles. The molecular formula is C19H19NO4S. The Labute approximate surface area is 147 Å². The molecule has 1 amide bonds. The minimum atomic E-state index is -3.04. The summed E-state index contributed by atoms with van der Waals surface area (Å²) in [5, 5.41) is 0. The quantitative estimate of drug-likeness (QED) is 0.847. The van der Waals surface area contributed by atoms with Crippen LogP contribution in [-0.4, -0.2) is 31.9 Å². The molecule has 0 aliphatic carbocycles. The van der Waals surface area contributed by atoms with Crippen molar-refractivity contribution in [2.75, 3.05) is 16.4 Å². The summed E-state index contributed by atoms with van der Waals surface area (Å²) in [5.41, 5.74) is 1.84. The van der Waals surface area contributed by atoms with Gasteiger partial charge in [0.25, 0.3) is 0 Å². The number of carbonyl (C=O) groups excluding carboxylic acids is 1. The molecule has 0 bridgehead atoms. The van der Waals surface area contributed by atoms with Gasteiger partial charge >= 0.3 is 0 Å². The van der Waals surface area contributed by atoms with Crippen LogP contribution in [0.1, 0.15) is 12.0 Å². The van der Waals surface area contributed by atoms with Gasteiger partial charge in [0, 0.05) is 18.0 Å². The Kier molecular flexibility index (Phi) is 3.80. The van der Waals surface area contributed by atoms with E-state index in [1.165, 1.54) is 0 Å². The second kappa shape index (κ2) is 5.88. The van der Waals surface area contributed by atoms with Crippen molar-refractivity contribution in [2.24, 2.45) is 5.92 Å². The number of benzene rings is 2. The number of rotatable bonds is 3. The molecule has 0 unspecified atom stereocenters. The van der Waals surface area contributed by atoms with Crippen LogP contribution in [0.15, 0.2) is 48.5 Å². The van der Waals surface area contributed by atoms with Crippen LogP contribution >= 0.6 is 0 Å². The number of carbonyl (C=O) groups is 1. The Bertz CT molecular complexity index is 921. The van der Waals surface area contributed by atoms with Crippen molar-refractivity contribution in [1.29, 1.82) is 0 Å². The predicted molar refractivity (Wildman–Crippen MR) is 95.7 cm³/mol. The van der Waals surface area contributed by atoms with Crippen LogP contribution in [0, 0.1) is 12.8 Å². The fourth-order valence-electron chi connectivity index (χ4n) is 3.71. The fourth-order valence-corrected chi connectivity index (χ4v) is 5.78. The van der Waals surface area contributed by atoms with Gasteiger partial charge in [-0.05, 0) is 48.9 Å². The first-order chi connectivity index (χ1) is 11.9. The predicted octanol–water partition coefficient (Wildman–Crippen LogP) is 2.94. The first kappa shape index (κ1) is 16.1. The third-order valence-electron chi connectivity index (χ3n) is 4.81. The molecule has 0 radical (unpaired) electrons. The molecule has 5 nitrogen and oxygen atoms in total. The van der Waals surface area contributed by atoms with Gasteiger partial charge in [-0.25, -0.2) is 8.42 Å². The molecule has 2 heterocycles. The van der Waals surface area contributed by atoms with Crippen LogP contribution in [0.25, 0.3) is 0 Å². The largest absolute Gasteiger partial charge is 0.457 e. The van der Waals surface area contributed by atoms with E-state index >= 15 is 0 Å². The van der Waals surface area contributed by atoms with Crippen molar-refractivity contribution in [2.45, 2.75) is 19.4 Å². The molecule has 2 atom stereocenters. The third kappa shape index (κ3) is 3.14. The minimum Gasteiger partial charge on any atom is -0.457 e. The van der Waals surface area contributed by atoms with Crippen molar-refractivity contribution >= 4 is 21.4 Å². The van der Waals surface area contributed by atoms with Crippen LogP contribution in [0.2, 0.25) is 0 Å². The van der Waals surface area contributed by atoms with Gasteiger partial charge in [-0.1, -0.05) is 12.1 Å². The number of ether oxygens (including phenoxy) is 1. The summed E-state index contributed by atoms with van der Waals surface area (Å²) in [6.45, 7) is 2.00. The lowest BCUT2D eigenvalue weighted by molar-refractivity contribution is -0.117. The van der Waals surface area contributed by atoms with E-state index in [0.29, 0.717) is 12.2 Å². The molecule has 0 N–H and O–H groups in total. The van der Waals surface area contributed by atoms with Gasteiger partial charge in [-0.15, -0.1) is 0 Å². The number of sulfone groups is 1. The summed E-state index contributed by atoms with van der Waals surface area (Å²) in [6.07, 6.45) is 0.311. The highest BCUT2D eigenvalue weighted by Crippen LogP contribution is 2.37. The summed E-state index contributed by atoms with van der Waals surface area (Å²) >= 11 is 0. The summed E-state index contributed by atoms with van der Waals surface area (Å²) < 4.78 is 29.5. The molecular weight excluding hydrogens is 338 g/mol. The standard InChI is InChI=1S/C19H19NO4S/c1-13-3-2-4-17(9-13)24-16-7-5-15(6-8-16)20-18-12-25(22,23)11-14(18)10-19(20)21/h2-9,14,18H,10-12H2,1H3/t14-,18-/m1/s1. The molecule has 0 saturated carbocycles. The number of hydrogen-bond acceptors (Lipinski definition) is 4. The fraction of sp³-hybridized carbons (Fsp3) is 0.316. The SMILES string of the molecule is Cc1cccc(Oc2ccc(N3C(=O)C[C@@H]4CS(=O)(=O)C[C@H]43)cc2)c1. The van der Waals surface area contributed by atoms with Gasteiger partial charge in [-0.2, -0.15) is 0 Å². The van der Waals surface area contributed by atoms with E-state index in [0.717, 1.165) is 17.0 Å². The molecule has 2 fully saturated rings. The molecule has 130 valence electrons. The monoisotopic (exact) mass is 357 g/mol. The average molecular weight is 357 g/mol. The highest BCUT2D eigenvalue weighted by atomic mass is 32.2. The molecule has 4 rings (SSSR count). The molecule has 6 heteroatoms. The van der Waals surface area contributed by atoms with E-state index < -0.39 is 9.84 Å². The highest BCUT2D eigenvalue weighted by Gasteiger charge is 2.49. The lowest BCUT2D eigenvalue weighted by Gasteiger charge is -2.23. The Morgan fingerprint density at radius 2 is 1.80 bits per heavy atom. The molecule has 2 aromatic rings. The summed E-state index contributed by atoms with van der Waals surface area (Å²) in [6, 6.07) is 14.8. The average Bonchev–Trinajstić information content (AvgIpc) is 2.98. The Hall–Kier alpha value is -2.34. The van der Waals surface area contributed by atoms with E-state index in [4.69, 9.17) is 4.74 Å². The highest BCUT2D eigenvalue weighted by molar-refractivity contribution is 7.91. The molecule has 0 spiro atoms. The lowest BCUT2D eigenvalue weighted by atomic mass is 10.0. The number of anilines is 1. The van der Waals surface area contributed by atoms with Crippen LogP contribution in [0.5, 0.6) is 11.5 Å². The zero-order valence-corrected chi connectivity index (χ0v) is 14.7. The van der Waals surface area contributed by atoms with Crippen molar-refractivity contribution in [3.8, 4) is 11.5 Å². The van der Waals surface area contributed by atoms with Gasteiger partial charge in [0.15, 0.2) is 9.84 Å². The zero-order valence-electron chi connectivity index (χ0n) is 13.9. The number of amides is 1. The first-order valence-corrected chi connectivity index (χ1v) is 10.1. The molecule has 2 aliphatic rings. The zero-order chi connectivity index (χ0) is 17.6. The molecule has 2 aliphatic heterocycles. The number of hydrogen-bond donors (Lipinski definition) is 0. The van der Waals surface area contributed by atoms with E-state index in [2.05, 4.69) is 0 Å². The van der Waals surface area contributed by atoms with E-state index in [1.54, 1.807) is 4.90 Å². The van der Waals surface area contributed by atoms with Gasteiger partial charge in [-0.3, -0.25) is 4.79 Å². The van der Waals surface area contributed by atoms with E-state index in [9.17, 15) is 13.2 Å². The second-order valence-corrected chi connectivity index (χ2v) is 8.94. The summed E-state index contributed by atoms with van der Waals surface area (Å²) in [7, 11) is -3.04. The second-order valence-electron chi connectivity index (χ2n) is 6.78. The Morgan fingerprint density at radius 3 is 2.52 bits per heavy atom. The number of aryl methyl sites for hydroxylation is 1. The topological polar surface area (TPSA) is 63.7 Å². The maximum Gasteiger partial charge on any atom is 0.227 e.